The number of hydrogen-bond acceptors (Lipinski definition) is 6. The first-order chi connectivity index (χ1) is 9.06. The quantitative estimate of drug-likeness (QED) is 0.645. The van der Waals surface area contributed by atoms with E-state index in [1.54, 1.807) is 13.8 Å². The molecule has 1 aromatic heterocycles. The van der Waals surface area contributed by atoms with Gasteiger partial charge in [0.1, 0.15) is 0 Å². The Morgan fingerprint density at radius 2 is 1.95 bits per heavy atom. The van der Waals surface area contributed by atoms with Gasteiger partial charge < -0.3 is 19.2 Å². The van der Waals surface area contributed by atoms with Gasteiger partial charge in [0.15, 0.2) is 11.0 Å². The molecular weight excluding hydrogens is 272 g/mol. The molecule has 1 rings (SSSR count). The van der Waals surface area contributed by atoms with Gasteiger partial charge in [-0.1, -0.05) is 0 Å². The van der Waals surface area contributed by atoms with Gasteiger partial charge in [0.25, 0.3) is 0 Å². The molecule has 0 aliphatic rings. The molecule has 0 spiro atoms. The predicted octanol–water partition coefficient (Wildman–Crippen LogP) is 1.90. The average molecular weight is 286 g/mol. The second-order valence-electron chi connectivity index (χ2n) is 3.18. The van der Waals surface area contributed by atoms with Gasteiger partial charge in [0, 0.05) is 6.07 Å². The van der Waals surface area contributed by atoms with E-state index in [0.717, 1.165) is 0 Å². The minimum Gasteiger partial charge on any atom is -0.460 e. The molecule has 0 radical (unpaired) electrons. The van der Waals surface area contributed by atoms with Crippen molar-refractivity contribution < 1.29 is 23.5 Å². The van der Waals surface area contributed by atoms with Crippen molar-refractivity contribution in [1.82, 2.24) is 5.32 Å². The summed E-state index contributed by atoms with van der Waals surface area (Å²) in [6, 6.07) is 2.93. The summed E-state index contributed by atoms with van der Waals surface area (Å²) in [5, 5.41) is 4.87. The summed E-state index contributed by atoms with van der Waals surface area (Å²) in [5.74, 6) is -0.312. The fourth-order valence-electron chi connectivity index (χ4n) is 1.12. The molecule has 7 nitrogen and oxygen atoms in total. The van der Waals surface area contributed by atoms with Crippen LogP contribution in [0.15, 0.2) is 16.5 Å². The van der Waals surface area contributed by atoms with Crippen LogP contribution in [-0.4, -0.2) is 30.4 Å². The zero-order chi connectivity index (χ0) is 14.3. The van der Waals surface area contributed by atoms with Gasteiger partial charge in [0.2, 0.25) is 5.76 Å². The van der Waals surface area contributed by atoms with Crippen molar-refractivity contribution in [3.05, 3.63) is 17.9 Å². The van der Waals surface area contributed by atoms with Crippen molar-refractivity contribution in [2.45, 2.75) is 13.8 Å². The van der Waals surface area contributed by atoms with E-state index in [9.17, 15) is 9.59 Å². The number of hydrogen-bond donors (Lipinski definition) is 2. The average Bonchev–Trinajstić information content (AvgIpc) is 2.77. The lowest BCUT2D eigenvalue weighted by atomic mass is 10.4. The Balaban J connectivity index is 2.51. The SMILES string of the molecule is CCOC(=O)NC(=S)Nc1ccc(C(=O)OCC)o1. The van der Waals surface area contributed by atoms with Gasteiger partial charge in [-0.2, -0.15) is 0 Å². The summed E-state index contributed by atoms with van der Waals surface area (Å²) in [6.45, 7) is 3.86. The Hall–Kier alpha value is -2.09. The van der Waals surface area contributed by atoms with Gasteiger partial charge >= 0.3 is 12.1 Å². The van der Waals surface area contributed by atoms with Crippen LogP contribution in [0.25, 0.3) is 0 Å². The molecule has 19 heavy (non-hydrogen) atoms. The Kier molecular flexibility index (Phi) is 5.80. The van der Waals surface area contributed by atoms with Gasteiger partial charge in [-0.15, -0.1) is 0 Å². The number of anilines is 1. The van der Waals surface area contributed by atoms with Crippen LogP contribution in [0.2, 0.25) is 0 Å². The fraction of sp³-hybridized carbons (Fsp3) is 0.364. The zero-order valence-electron chi connectivity index (χ0n) is 10.5. The van der Waals surface area contributed by atoms with Crippen LogP contribution < -0.4 is 10.6 Å². The largest absolute Gasteiger partial charge is 0.460 e. The van der Waals surface area contributed by atoms with Crippen molar-refractivity contribution >= 4 is 35.3 Å². The topological polar surface area (TPSA) is 89.8 Å². The number of nitrogens with one attached hydrogen (secondary N) is 2. The van der Waals surface area contributed by atoms with E-state index in [-0.39, 0.29) is 30.0 Å². The molecule has 0 saturated heterocycles. The molecule has 0 saturated carbocycles. The van der Waals surface area contributed by atoms with E-state index in [2.05, 4.69) is 15.4 Å². The predicted molar refractivity (Wildman–Crippen MR) is 71.0 cm³/mol. The molecule has 1 amide bonds. The molecule has 0 aliphatic carbocycles. The molecular formula is C11H14N2O5S. The van der Waals surface area contributed by atoms with E-state index >= 15 is 0 Å². The van der Waals surface area contributed by atoms with E-state index in [4.69, 9.17) is 21.4 Å². The number of furan rings is 1. The maximum atomic E-state index is 11.3. The summed E-state index contributed by atoms with van der Waals surface area (Å²) in [5.41, 5.74) is 0. The van der Waals surface area contributed by atoms with Gasteiger partial charge in [-0.25, -0.2) is 9.59 Å². The highest BCUT2D eigenvalue weighted by Crippen LogP contribution is 2.14. The lowest BCUT2D eigenvalue weighted by Gasteiger charge is -2.06. The molecule has 2 N–H and O–H groups in total. The van der Waals surface area contributed by atoms with Crippen LogP contribution >= 0.6 is 12.2 Å². The second-order valence-corrected chi connectivity index (χ2v) is 3.59. The maximum Gasteiger partial charge on any atom is 0.413 e. The third-order valence-corrected chi connectivity index (χ3v) is 2.01. The van der Waals surface area contributed by atoms with E-state index < -0.39 is 12.1 Å². The van der Waals surface area contributed by atoms with Crippen LogP contribution in [0, 0.1) is 0 Å². The second kappa shape index (κ2) is 7.37. The summed E-state index contributed by atoms with van der Waals surface area (Å²) in [7, 11) is 0. The fourth-order valence-corrected chi connectivity index (χ4v) is 1.30. The molecule has 1 aromatic rings. The van der Waals surface area contributed by atoms with Crippen LogP contribution in [0.1, 0.15) is 24.4 Å². The van der Waals surface area contributed by atoms with Crippen molar-refractivity contribution in [2.24, 2.45) is 0 Å². The van der Waals surface area contributed by atoms with Crippen LogP contribution in [0.4, 0.5) is 10.7 Å². The number of carbonyl (C=O) groups excluding carboxylic acids is 2. The Bertz CT molecular complexity index is 471. The number of amides is 1. The van der Waals surface area contributed by atoms with Crippen LogP contribution in [0.3, 0.4) is 0 Å². The minimum absolute atomic E-state index is 0.00297. The molecule has 0 atom stereocenters. The first kappa shape index (κ1) is 15.0. The van der Waals surface area contributed by atoms with Crippen LogP contribution in [-0.2, 0) is 9.47 Å². The molecule has 1 heterocycles. The van der Waals surface area contributed by atoms with Gasteiger partial charge in [-0.3, -0.25) is 5.32 Å². The van der Waals surface area contributed by atoms with E-state index in [0.29, 0.717) is 0 Å². The lowest BCUT2D eigenvalue weighted by molar-refractivity contribution is 0.0491. The summed E-state index contributed by atoms with van der Waals surface area (Å²) in [6.07, 6.45) is -0.669. The van der Waals surface area contributed by atoms with Crippen molar-refractivity contribution in [2.75, 3.05) is 18.5 Å². The lowest BCUT2D eigenvalue weighted by Crippen LogP contribution is -2.34. The maximum absolute atomic E-state index is 11.3. The Labute approximate surface area is 115 Å². The van der Waals surface area contributed by atoms with E-state index in [1.807, 2.05) is 0 Å². The smallest absolute Gasteiger partial charge is 0.413 e. The molecule has 0 aliphatic heterocycles. The molecule has 8 heteroatoms. The summed E-state index contributed by atoms with van der Waals surface area (Å²) in [4.78, 5) is 22.4. The number of esters is 1. The Morgan fingerprint density at radius 1 is 1.26 bits per heavy atom. The molecule has 104 valence electrons. The zero-order valence-corrected chi connectivity index (χ0v) is 11.3. The van der Waals surface area contributed by atoms with Gasteiger partial charge in [0.05, 0.1) is 13.2 Å². The highest BCUT2D eigenvalue weighted by molar-refractivity contribution is 7.80. The van der Waals surface area contributed by atoms with Crippen LogP contribution in [0.5, 0.6) is 0 Å². The first-order valence-electron chi connectivity index (χ1n) is 5.58. The third kappa shape index (κ3) is 4.96. The number of rotatable bonds is 4. The normalized spacial score (nSPS) is 9.58. The molecule has 0 unspecified atom stereocenters. The summed E-state index contributed by atoms with van der Waals surface area (Å²) >= 11 is 4.85. The Morgan fingerprint density at radius 3 is 2.58 bits per heavy atom. The molecule has 0 aromatic carbocycles. The highest BCUT2D eigenvalue weighted by Gasteiger charge is 2.13. The van der Waals surface area contributed by atoms with E-state index in [1.165, 1.54) is 12.1 Å². The van der Waals surface area contributed by atoms with Crippen molar-refractivity contribution in [1.29, 1.82) is 0 Å². The summed E-state index contributed by atoms with van der Waals surface area (Å²) < 4.78 is 14.5. The van der Waals surface area contributed by atoms with Crippen molar-refractivity contribution in [3.8, 4) is 0 Å². The first-order valence-corrected chi connectivity index (χ1v) is 5.99. The molecule has 0 bridgehead atoms. The third-order valence-electron chi connectivity index (χ3n) is 1.81. The monoisotopic (exact) mass is 286 g/mol. The standard InChI is InChI=1S/C11H14N2O5S/c1-3-16-9(14)7-5-6-8(18-7)12-10(19)13-11(15)17-4-2/h5-6H,3-4H2,1-2H3,(H2,12,13,15,19). The number of thiocarbonyl (C=S) groups is 1. The van der Waals surface area contributed by atoms with Gasteiger partial charge in [-0.05, 0) is 32.1 Å². The number of alkyl carbamates (subject to hydrolysis) is 1. The highest BCUT2D eigenvalue weighted by atomic mass is 32.1. The molecule has 0 fully saturated rings. The number of carbonyl (C=O) groups is 2. The number of ether oxygens (including phenoxy) is 2. The van der Waals surface area contributed by atoms with Crippen molar-refractivity contribution in [3.63, 3.8) is 0 Å². The minimum atomic E-state index is -0.669.